The average molecular weight is 338 g/mol. The average Bonchev–Trinajstić information content (AvgIpc) is 3.22. The van der Waals surface area contributed by atoms with E-state index in [-0.39, 0.29) is 11.5 Å². The molecule has 0 saturated heterocycles. The van der Waals surface area contributed by atoms with Gasteiger partial charge in [-0.2, -0.15) is 11.3 Å². The van der Waals surface area contributed by atoms with Gasteiger partial charge in [0, 0.05) is 28.4 Å². The van der Waals surface area contributed by atoms with E-state index in [2.05, 4.69) is 46.4 Å². The normalized spacial score (nSPS) is 11.6. The smallest absolute Gasteiger partial charge is 0.307 e. The van der Waals surface area contributed by atoms with E-state index in [1.807, 2.05) is 0 Å². The van der Waals surface area contributed by atoms with Crippen molar-refractivity contribution >= 4 is 28.6 Å². The van der Waals surface area contributed by atoms with Gasteiger partial charge in [0.05, 0.1) is 19.2 Å². The number of nitrogens with one attached hydrogen (secondary N) is 1. The molecule has 0 amide bonds. The Bertz CT molecular complexity index is 589. The topological polar surface area (TPSA) is 51.2 Å². The second-order valence-electron chi connectivity index (χ2n) is 5.25. The lowest BCUT2D eigenvalue weighted by Gasteiger charge is -2.31. The first kappa shape index (κ1) is 17.1. The molecule has 1 N–H and O–H groups in total. The summed E-state index contributed by atoms with van der Waals surface area (Å²) in [6, 6.07) is 2.08. The fraction of sp³-hybridized carbons (Fsp3) is 0.500. The van der Waals surface area contributed by atoms with Gasteiger partial charge in [-0.3, -0.25) is 4.79 Å². The van der Waals surface area contributed by atoms with Crippen molar-refractivity contribution < 1.29 is 9.53 Å². The number of nitrogens with zero attached hydrogens (tertiary/aromatic N) is 1. The molecular weight excluding hydrogens is 316 g/mol. The summed E-state index contributed by atoms with van der Waals surface area (Å²) in [4.78, 5) is 16.3. The summed E-state index contributed by atoms with van der Waals surface area (Å²) < 4.78 is 4.82. The van der Waals surface area contributed by atoms with E-state index in [4.69, 9.17) is 4.74 Å². The summed E-state index contributed by atoms with van der Waals surface area (Å²) in [7, 11) is 1.44. The van der Waals surface area contributed by atoms with Gasteiger partial charge in [-0.1, -0.05) is 13.8 Å². The molecule has 0 fully saturated rings. The predicted molar refractivity (Wildman–Crippen MR) is 92.2 cm³/mol. The molecule has 0 spiro atoms. The zero-order valence-electron chi connectivity index (χ0n) is 13.2. The van der Waals surface area contributed by atoms with Gasteiger partial charge < -0.3 is 10.1 Å². The molecule has 0 aliphatic rings. The van der Waals surface area contributed by atoms with Crippen LogP contribution in [-0.4, -0.2) is 23.6 Å². The first-order chi connectivity index (χ1) is 10.6. The summed E-state index contributed by atoms with van der Waals surface area (Å²) in [5.41, 5.74) is 1.97. The Hall–Kier alpha value is -1.24. The zero-order chi connectivity index (χ0) is 16.0. The summed E-state index contributed by atoms with van der Waals surface area (Å²) in [5.74, 6) is -0.173. The Labute approximate surface area is 139 Å². The quantitative estimate of drug-likeness (QED) is 0.737. The number of methoxy groups -OCH3 is 1. The molecule has 4 nitrogen and oxygen atoms in total. The van der Waals surface area contributed by atoms with Gasteiger partial charge in [-0.15, -0.1) is 11.3 Å². The predicted octanol–water partition coefficient (Wildman–Crippen LogP) is 4.08. The minimum Gasteiger partial charge on any atom is -0.469 e. The number of hydrogen-bond donors (Lipinski definition) is 1. The third-order valence-electron chi connectivity index (χ3n) is 4.03. The van der Waals surface area contributed by atoms with Crippen molar-refractivity contribution in [2.45, 2.75) is 45.2 Å². The van der Waals surface area contributed by atoms with Crippen LogP contribution < -0.4 is 5.32 Å². The van der Waals surface area contributed by atoms with E-state index >= 15 is 0 Å². The summed E-state index contributed by atoms with van der Waals surface area (Å²) in [5, 5.41) is 10.8. The fourth-order valence-electron chi connectivity index (χ4n) is 2.35. The zero-order valence-corrected chi connectivity index (χ0v) is 14.9. The van der Waals surface area contributed by atoms with E-state index in [1.165, 1.54) is 12.7 Å². The van der Waals surface area contributed by atoms with Gasteiger partial charge >= 0.3 is 5.97 Å². The van der Waals surface area contributed by atoms with Crippen LogP contribution in [0.2, 0.25) is 0 Å². The van der Waals surface area contributed by atoms with Crippen molar-refractivity contribution in [3.05, 3.63) is 27.9 Å². The largest absolute Gasteiger partial charge is 0.469 e. The molecule has 2 aromatic heterocycles. The van der Waals surface area contributed by atoms with Crippen LogP contribution in [0.3, 0.4) is 0 Å². The molecule has 0 saturated carbocycles. The van der Waals surface area contributed by atoms with Gasteiger partial charge in [0.2, 0.25) is 0 Å². The lowest BCUT2D eigenvalue weighted by Crippen LogP contribution is -2.45. The molecule has 0 unspecified atom stereocenters. The molecule has 0 aliphatic heterocycles. The molecule has 0 aliphatic carbocycles. The van der Waals surface area contributed by atoms with Crippen molar-refractivity contribution in [2.24, 2.45) is 0 Å². The first-order valence-electron chi connectivity index (χ1n) is 7.41. The maximum Gasteiger partial charge on any atom is 0.307 e. The number of aromatic nitrogens is 1. The molecule has 0 bridgehead atoms. The highest BCUT2D eigenvalue weighted by Gasteiger charge is 2.29. The molecule has 2 rings (SSSR count). The number of rotatable bonds is 8. The SMILES string of the molecule is CCC(CC)(CC(=O)OC)NCc1csc(-c2ccsc2)n1. The summed E-state index contributed by atoms with van der Waals surface area (Å²) in [6.45, 7) is 4.86. The van der Waals surface area contributed by atoms with Crippen LogP contribution in [0.15, 0.2) is 22.2 Å². The van der Waals surface area contributed by atoms with Crippen molar-refractivity contribution in [2.75, 3.05) is 7.11 Å². The highest BCUT2D eigenvalue weighted by molar-refractivity contribution is 7.14. The van der Waals surface area contributed by atoms with Crippen molar-refractivity contribution in [3.8, 4) is 10.6 Å². The van der Waals surface area contributed by atoms with Crippen molar-refractivity contribution in [1.82, 2.24) is 10.3 Å². The minimum absolute atomic E-state index is 0.173. The molecule has 0 radical (unpaired) electrons. The standard InChI is InChI=1S/C16H22N2O2S2/c1-4-16(5-2,8-14(19)20-3)17-9-13-11-22-15(18-13)12-6-7-21-10-12/h6-7,10-11,17H,4-5,8-9H2,1-3H3. The monoisotopic (exact) mass is 338 g/mol. The molecule has 0 atom stereocenters. The Morgan fingerprint density at radius 1 is 1.36 bits per heavy atom. The second kappa shape index (κ2) is 7.85. The van der Waals surface area contributed by atoms with Gasteiger partial charge in [-0.05, 0) is 24.3 Å². The van der Waals surface area contributed by atoms with Crippen LogP contribution in [0.25, 0.3) is 10.6 Å². The molecule has 6 heteroatoms. The number of thiazole rings is 1. The van der Waals surface area contributed by atoms with Crippen LogP contribution in [0.4, 0.5) is 0 Å². The fourth-order valence-corrected chi connectivity index (χ4v) is 3.88. The maximum atomic E-state index is 11.6. The van der Waals surface area contributed by atoms with Crippen LogP contribution in [0, 0.1) is 0 Å². The van der Waals surface area contributed by atoms with Gasteiger partial charge in [-0.25, -0.2) is 4.98 Å². The molecule has 2 aromatic rings. The van der Waals surface area contributed by atoms with E-state index in [0.29, 0.717) is 13.0 Å². The highest BCUT2D eigenvalue weighted by Crippen LogP contribution is 2.26. The number of thiophene rings is 1. The van der Waals surface area contributed by atoms with Gasteiger partial charge in [0.15, 0.2) is 0 Å². The first-order valence-corrected chi connectivity index (χ1v) is 9.23. The van der Waals surface area contributed by atoms with E-state index in [1.54, 1.807) is 22.7 Å². The van der Waals surface area contributed by atoms with Crippen molar-refractivity contribution in [3.63, 3.8) is 0 Å². The van der Waals surface area contributed by atoms with Crippen LogP contribution >= 0.6 is 22.7 Å². The lowest BCUT2D eigenvalue weighted by molar-refractivity contribution is -0.142. The number of esters is 1. The van der Waals surface area contributed by atoms with Crippen LogP contribution in [0.1, 0.15) is 38.8 Å². The number of hydrogen-bond acceptors (Lipinski definition) is 6. The Kier molecular flexibility index (Phi) is 6.11. The second-order valence-corrected chi connectivity index (χ2v) is 6.89. The minimum atomic E-state index is -0.223. The Balaban J connectivity index is 2.02. The third-order valence-corrected chi connectivity index (χ3v) is 5.65. The van der Waals surface area contributed by atoms with Crippen LogP contribution in [0.5, 0.6) is 0 Å². The van der Waals surface area contributed by atoms with E-state index in [0.717, 1.165) is 23.5 Å². The van der Waals surface area contributed by atoms with Crippen molar-refractivity contribution in [1.29, 1.82) is 0 Å². The third kappa shape index (κ3) is 4.15. The Morgan fingerprint density at radius 2 is 2.14 bits per heavy atom. The van der Waals surface area contributed by atoms with Gasteiger partial charge in [0.25, 0.3) is 0 Å². The van der Waals surface area contributed by atoms with Crippen LogP contribution in [-0.2, 0) is 16.1 Å². The van der Waals surface area contributed by atoms with E-state index in [9.17, 15) is 4.79 Å². The van der Waals surface area contributed by atoms with E-state index < -0.39 is 0 Å². The summed E-state index contributed by atoms with van der Waals surface area (Å²) in [6.07, 6.45) is 2.14. The summed E-state index contributed by atoms with van der Waals surface area (Å²) >= 11 is 3.33. The maximum absolute atomic E-state index is 11.6. The Morgan fingerprint density at radius 3 is 2.73 bits per heavy atom. The molecule has 120 valence electrons. The lowest BCUT2D eigenvalue weighted by atomic mass is 9.89. The number of carbonyl (C=O) groups excluding carboxylic acids is 1. The molecule has 22 heavy (non-hydrogen) atoms. The number of carbonyl (C=O) groups is 1. The molecule has 2 heterocycles. The molecule has 0 aromatic carbocycles. The van der Waals surface area contributed by atoms with Gasteiger partial charge in [0.1, 0.15) is 5.01 Å². The number of ether oxygens (including phenoxy) is 1. The molecular formula is C16H22N2O2S2. The highest BCUT2D eigenvalue weighted by atomic mass is 32.1.